The van der Waals surface area contributed by atoms with Gasteiger partial charge in [-0.3, -0.25) is 9.48 Å². The van der Waals surface area contributed by atoms with E-state index < -0.39 is 6.09 Å². The highest BCUT2D eigenvalue weighted by atomic mass is 35.5. The third kappa shape index (κ3) is 4.80. The molecule has 1 atom stereocenters. The fourth-order valence-corrected chi connectivity index (χ4v) is 8.44. The Kier molecular flexibility index (Phi) is 7.14. The highest BCUT2D eigenvalue weighted by Crippen LogP contribution is 2.55. The van der Waals surface area contributed by atoms with Crippen LogP contribution in [0, 0.1) is 19.3 Å². The van der Waals surface area contributed by atoms with Crippen molar-refractivity contribution in [2.75, 3.05) is 26.2 Å². The predicted molar refractivity (Wildman–Crippen MR) is 175 cm³/mol. The number of ether oxygens (including phenoxy) is 1. The molecule has 4 aliphatic rings. The van der Waals surface area contributed by atoms with Gasteiger partial charge in [0.05, 0.1) is 22.8 Å². The molecule has 4 fully saturated rings. The van der Waals surface area contributed by atoms with Crippen LogP contribution in [-0.2, 0) is 16.1 Å². The van der Waals surface area contributed by atoms with Gasteiger partial charge < -0.3 is 19.6 Å². The first-order valence-corrected chi connectivity index (χ1v) is 16.8. The van der Waals surface area contributed by atoms with Crippen molar-refractivity contribution in [2.24, 2.45) is 5.41 Å². The Morgan fingerprint density at radius 1 is 1.09 bits per heavy atom. The molecule has 5 heterocycles. The van der Waals surface area contributed by atoms with Crippen LogP contribution in [-0.4, -0.2) is 72.7 Å². The predicted octanol–water partition coefficient (Wildman–Crippen LogP) is 6.97. The number of carboxylic acid groups (broad SMARTS) is 1. The molecule has 10 nitrogen and oxygen atoms in total. The Hall–Kier alpha value is -3.89. The highest BCUT2D eigenvalue weighted by Gasteiger charge is 2.55. The third-order valence-electron chi connectivity index (χ3n) is 10.6. The summed E-state index contributed by atoms with van der Waals surface area (Å²) in [4.78, 5) is 27.1. The zero-order chi connectivity index (χ0) is 31.7. The maximum Gasteiger partial charge on any atom is 0.407 e. The van der Waals surface area contributed by atoms with Crippen molar-refractivity contribution in [1.82, 2.24) is 29.4 Å². The minimum Gasteiger partial charge on any atom is -0.465 e. The van der Waals surface area contributed by atoms with Gasteiger partial charge in [0.1, 0.15) is 5.69 Å². The Labute approximate surface area is 272 Å². The molecule has 3 aliphatic heterocycles. The summed E-state index contributed by atoms with van der Waals surface area (Å²) >= 11 is 7.22. The second-order valence-corrected chi connectivity index (χ2v) is 14.2. The zero-order valence-corrected chi connectivity index (χ0v) is 27.1. The van der Waals surface area contributed by atoms with E-state index in [9.17, 15) is 14.7 Å². The van der Waals surface area contributed by atoms with Crippen LogP contribution >= 0.6 is 11.6 Å². The Balaban J connectivity index is 1.21. The number of nitrogens with zero attached hydrogens (tertiary/aromatic N) is 6. The monoisotopic (exact) mass is 642 g/mol. The first-order chi connectivity index (χ1) is 22.2. The van der Waals surface area contributed by atoms with E-state index in [0.717, 1.165) is 102 Å². The van der Waals surface area contributed by atoms with E-state index in [1.807, 2.05) is 22.7 Å². The van der Waals surface area contributed by atoms with Crippen molar-refractivity contribution >= 4 is 34.5 Å². The number of carbonyl (C=O) groups is 2. The molecule has 0 bridgehead atoms. The van der Waals surface area contributed by atoms with Crippen molar-refractivity contribution in [1.29, 1.82) is 0 Å². The second kappa shape index (κ2) is 11.1. The van der Waals surface area contributed by atoms with Gasteiger partial charge in [0.2, 0.25) is 5.91 Å². The van der Waals surface area contributed by atoms with Gasteiger partial charge >= 0.3 is 6.09 Å². The van der Waals surface area contributed by atoms with Crippen molar-refractivity contribution in [3.8, 4) is 22.4 Å². The number of amides is 2. The molecule has 1 N–H and O–H groups in total. The molecule has 240 valence electrons. The van der Waals surface area contributed by atoms with Crippen LogP contribution in [0.3, 0.4) is 0 Å². The van der Waals surface area contributed by atoms with E-state index in [1.54, 1.807) is 0 Å². The lowest BCUT2D eigenvalue weighted by Gasteiger charge is -2.58. The standard InChI is InChI=1S/C35H39ClN6O4/c1-21-14-27-26(17-37-42(27)29-7-3-4-13-46-29)31(32(21)36)30-22(2)41(25-15-35(16-25)19-40(20-35)34(44)45)38-33(30)24-10-8-23(9-11-24)18-39-12-5-6-28(39)43/h8-11,14,17,25,29H,3-7,12-13,15-16,18-20H2,1-2H3,(H,44,45). The molecule has 4 aromatic rings. The SMILES string of the molecule is Cc1cc2c(cnn2C2CCCCO2)c(-c2c(-c3ccc(CN4CCCC4=O)cc3)nn(C3CC4(C3)CN(C(=O)O)C4)c2C)c1Cl. The van der Waals surface area contributed by atoms with Crippen LogP contribution in [0.25, 0.3) is 33.3 Å². The van der Waals surface area contributed by atoms with E-state index in [2.05, 4.69) is 41.9 Å². The molecule has 2 aromatic heterocycles. The maximum absolute atomic E-state index is 12.3. The lowest BCUT2D eigenvalue weighted by molar-refractivity contribution is -0.128. The summed E-state index contributed by atoms with van der Waals surface area (Å²) in [5, 5.41) is 21.2. The molecular weight excluding hydrogens is 604 g/mol. The van der Waals surface area contributed by atoms with Crippen LogP contribution in [0.2, 0.25) is 5.02 Å². The quantitative estimate of drug-likeness (QED) is 0.243. The minimum absolute atomic E-state index is 0.0474. The number of hydrogen-bond donors (Lipinski definition) is 1. The highest BCUT2D eigenvalue weighted by molar-refractivity contribution is 6.36. The summed E-state index contributed by atoms with van der Waals surface area (Å²) in [6.45, 7) is 7.49. The normalized spacial score (nSPS) is 21.3. The van der Waals surface area contributed by atoms with Gasteiger partial charge in [-0.25, -0.2) is 9.48 Å². The van der Waals surface area contributed by atoms with Gasteiger partial charge in [-0.2, -0.15) is 10.2 Å². The summed E-state index contributed by atoms with van der Waals surface area (Å²) in [5.74, 6) is 0.217. The molecule has 1 aliphatic carbocycles. The summed E-state index contributed by atoms with van der Waals surface area (Å²) in [7, 11) is 0. The van der Waals surface area contributed by atoms with Crippen molar-refractivity contribution < 1.29 is 19.4 Å². The van der Waals surface area contributed by atoms with Crippen LogP contribution in [0.5, 0.6) is 0 Å². The fraction of sp³-hybridized carbons (Fsp3) is 0.486. The lowest BCUT2D eigenvalue weighted by Crippen LogP contribution is -2.63. The molecule has 1 unspecified atom stereocenters. The summed E-state index contributed by atoms with van der Waals surface area (Å²) in [5.41, 5.74) is 7.91. The molecule has 8 rings (SSSR count). The van der Waals surface area contributed by atoms with Crippen molar-refractivity contribution in [2.45, 2.75) is 77.6 Å². The van der Waals surface area contributed by atoms with E-state index in [-0.39, 0.29) is 23.6 Å². The number of likely N-dealkylation sites (tertiary alicyclic amines) is 2. The minimum atomic E-state index is -0.844. The fourth-order valence-electron chi connectivity index (χ4n) is 8.19. The molecule has 2 amide bonds. The van der Waals surface area contributed by atoms with E-state index in [0.29, 0.717) is 31.1 Å². The Morgan fingerprint density at radius 2 is 1.87 bits per heavy atom. The topological polar surface area (TPSA) is 106 Å². The number of hydrogen-bond acceptors (Lipinski definition) is 5. The van der Waals surface area contributed by atoms with Gasteiger partial charge in [0.15, 0.2) is 6.23 Å². The number of aromatic nitrogens is 4. The first-order valence-electron chi connectivity index (χ1n) is 16.4. The van der Waals surface area contributed by atoms with Crippen molar-refractivity contribution in [3.63, 3.8) is 0 Å². The van der Waals surface area contributed by atoms with E-state index in [4.69, 9.17) is 26.5 Å². The molecule has 3 saturated heterocycles. The average Bonchev–Trinajstić information content (AvgIpc) is 3.70. The van der Waals surface area contributed by atoms with E-state index >= 15 is 0 Å². The van der Waals surface area contributed by atoms with Gasteiger partial charge in [0.25, 0.3) is 0 Å². The van der Waals surface area contributed by atoms with E-state index in [1.165, 1.54) is 4.90 Å². The largest absolute Gasteiger partial charge is 0.465 e. The molecule has 46 heavy (non-hydrogen) atoms. The number of fused-ring (bicyclic) bond motifs is 1. The number of benzene rings is 2. The lowest BCUT2D eigenvalue weighted by atomic mass is 9.61. The summed E-state index contributed by atoms with van der Waals surface area (Å²) < 4.78 is 10.3. The molecule has 2 aromatic carbocycles. The Morgan fingerprint density at radius 3 is 2.54 bits per heavy atom. The van der Waals surface area contributed by atoms with Crippen molar-refractivity contribution in [3.05, 3.63) is 58.4 Å². The van der Waals surface area contributed by atoms with Crippen LogP contribution in [0.4, 0.5) is 4.79 Å². The number of halogens is 1. The van der Waals surface area contributed by atoms with Gasteiger partial charge in [0, 0.05) is 72.4 Å². The molecule has 1 saturated carbocycles. The number of aryl methyl sites for hydroxylation is 1. The van der Waals surface area contributed by atoms with Crippen LogP contribution in [0.1, 0.15) is 74.0 Å². The average molecular weight is 643 g/mol. The van der Waals surface area contributed by atoms with Gasteiger partial charge in [-0.1, -0.05) is 35.9 Å². The summed E-state index contributed by atoms with van der Waals surface area (Å²) in [6, 6.07) is 10.7. The number of carbonyl (C=O) groups excluding carboxylic acids is 1. The zero-order valence-electron chi connectivity index (χ0n) is 26.3. The first kappa shape index (κ1) is 29.5. The molecular formula is C35H39ClN6O4. The number of rotatable bonds is 6. The smallest absolute Gasteiger partial charge is 0.407 e. The summed E-state index contributed by atoms with van der Waals surface area (Å²) in [6.07, 6.45) is 7.41. The van der Waals surface area contributed by atoms with Crippen LogP contribution in [0.15, 0.2) is 36.5 Å². The Bertz CT molecular complexity index is 1840. The van der Waals surface area contributed by atoms with Crippen LogP contribution < -0.4 is 0 Å². The van der Waals surface area contributed by atoms with Gasteiger partial charge in [-0.15, -0.1) is 0 Å². The third-order valence-corrected chi connectivity index (χ3v) is 11.1. The molecule has 11 heteroatoms. The molecule has 0 radical (unpaired) electrons. The maximum atomic E-state index is 12.3. The molecule has 1 spiro atoms. The second-order valence-electron chi connectivity index (χ2n) is 13.8. The van der Waals surface area contributed by atoms with Gasteiger partial charge in [-0.05, 0) is 69.6 Å².